The van der Waals surface area contributed by atoms with E-state index >= 15 is 0 Å². The fourth-order valence-corrected chi connectivity index (χ4v) is 4.10. The summed E-state index contributed by atoms with van der Waals surface area (Å²) in [6.07, 6.45) is 5.62. The van der Waals surface area contributed by atoms with Gasteiger partial charge in [0, 0.05) is 19.0 Å². The highest BCUT2D eigenvalue weighted by Gasteiger charge is 2.31. The lowest BCUT2D eigenvalue weighted by Crippen LogP contribution is -2.40. The molecule has 1 heterocycles. The molecule has 0 aromatic heterocycles. The molecule has 0 saturated carbocycles. The minimum Gasteiger partial charge on any atom is -0.389 e. The van der Waals surface area contributed by atoms with Crippen LogP contribution in [0.2, 0.25) is 0 Å². The van der Waals surface area contributed by atoms with Crippen LogP contribution in [-0.2, 0) is 4.79 Å². The topological polar surface area (TPSA) is 40.5 Å². The third-order valence-corrected chi connectivity index (χ3v) is 5.55. The van der Waals surface area contributed by atoms with Crippen LogP contribution >= 0.6 is 0 Å². The van der Waals surface area contributed by atoms with Crippen molar-refractivity contribution in [1.82, 2.24) is 4.90 Å². The molecule has 3 nitrogen and oxygen atoms in total. The van der Waals surface area contributed by atoms with Gasteiger partial charge in [-0.2, -0.15) is 0 Å². The molecule has 138 valence electrons. The Balaban J connectivity index is 1.44. The Morgan fingerprint density at radius 1 is 0.926 bits per heavy atom. The van der Waals surface area contributed by atoms with Gasteiger partial charge in [0.05, 0.1) is 6.10 Å². The first-order chi connectivity index (χ1) is 13.2. The van der Waals surface area contributed by atoms with Crippen molar-refractivity contribution in [3.05, 3.63) is 83.9 Å². The van der Waals surface area contributed by atoms with Crippen LogP contribution in [0.5, 0.6) is 0 Å². The van der Waals surface area contributed by atoms with Crippen molar-refractivity contribution in [2.45, 2.75) is 25.4 Å². The maximum Gasteiger partial charge on any atom is 0.226 e. The summed E-state index contributed by atoms with van der Waals surface area (Å²) in [7, 11) is 0. The van der Waals surface area contributed by atoms with Crippen LogP contribution in [0.3, 0.4) is 0 Å². The SMILES string of the molecule is O=C([C@H]1CC(c2ccccc2)=C[C@H](O)C1)N1CC=C(c2ccccc2)CC1. The van der Waals surface area contributed by atoms with Crippen LogP contribution in [0, 0.1) is 5.92 Å². The summed E-state index contributed by atoms with van der Waals surface area (Å²) >= 11 is 0. The van der Waals surface area contributed by atoms with Gasteiger partial charge in [-0.1, -0.05) is 72.8 Å². The van der Waals surface area contributed by atoms with Crippen LogP contribution in [0.4, 0.5) is 0 Å². The predicted octanol–water partition coefficient (Wildman–Crippen LogP) is 4.16. The largest absolute Gasteiger partial charge is 0.389 e. The molecule has 1 amide bonds. The monoisotopic (exact) mass is 359 g/mol. The van der Waals surface area contributed by atoms with Gasteiger partial charge in [-0.05, 0) is 41.5 Å². The summed E-state index contributed by atoms with van der Waals surface area (Å²) in [4.78, 5) is 15.0. The molecule has 1 aliphatic carbocycles. The van der Waals surface area contributed by atoms with Gasteiger partial charge in [-0.3, -0.25) is 4.79 Å². The van der Waals surface area contributed by atoms with E-state index in [4.69, 9.17) is 0 Å². The number of amides is 1. The smallest absolute Gasteiger partial charge is 0.226 e. The number of carbonyl (C=O) groups excluding carboxylic acids is 1. The Morgan fingerprint density at radius 3 is 2.15 bits per heavy atom. The van der Waals surface area contributed by atoms with Crippen molar-refractivity contribution >= 4 is 17.1 Å². The number of carbonyl (C=O) groups is 1. The maximum absolute atomic E-state index is 13.1. The van der Waals surface area contributed by atoms with Gasteiger partial charge in [0.1, 0.15) is 0 Å². The van der Waals surface area contributed by atoms with E-state index in [1.165, 1.54) is 11.1 Å². The van der Waals surface area contributed by atoms with Crippen LogP contribution < -0.4 is 0 Å². The van der Waals surface area contributed by atoms with Gasteiger partial charge in [0.25, 0.3) is 0 Å². The van der Waals surface area contributed by atoms with Gasteiger partial charge in [0.15, 0.2) is 0 Å². The standard InChI is InChI=1S/C24H25NO2/c26-23-16-21(19-9-5-2-6-10-19)15-22(17-23)24(27)25-13-11-20(12-14-25)18-7-3-1-4-8-18/h1-11,16,22-23,26H,12-15,17H2/t22-,23-/m0/s1. The van der Waals surface area contributed by atoms with Crippen molar-refractivity contribution in [2.24, 2.45) is 5.92 Å². The summed E-state index contributed by atoms with van der Waals surface area (Å²) in [6, 6.07) is 20.4. The summed E-state index contributed by atoms with van der Waals surface area (Å²) in [5.74, 6) is 0.0193. The lowest BCUT2D eigenvalue weighted by atomic mass is 9.83. The molecule has 0 unspecified atom stereocenters. The number of nitrogens with zero attached hydrogens (tertiary/aromatic N) is 1. The number of benzene rings is 2. The molecular weight excluding hydrogens is 334 g/mol. The zero-order valence-electron chi connectivity index (χ0n) is 15.4. The molecule has 3 heteroatoms. The molecule has 0 fully saturated rings. The summed E-state index contributed by atoms with van der Waals surface area (Å²) < 4.78 is 0. The Kier molecular flexibility index (Phi) is 5.21. The van der Waals surface area contributed by atoms with E-state index in [2.05, 4.69) is 30.3 Å². The lowest BCUT2D eigenvalue weighted by molar-refractivity contribution is -0.136. The highest BCUT2D eigenvalue weighted by Crippen LogP contribution is 2.33. The first kappa shape index (κ1) is 17.7. The molecule has 0 saturated heterocycles. The molecule has 2 aromatic carbocycles. The van der Waals surface area contributed by atoms with Gasteiger partial charge in [-0.15, -0.1) is 0 Å². The molecule has 27 heavy (non-hydrogen) atoms. The number of hydrogen-bond donors (Lipinski definition) is 1. The quantitative estimate of drug-likeness (QED) is 0.894. The Labute approximate surface area is 160 Å². The number of rotatable bonds is 3. The molecule has 0 radical (unpaired) electrons. The molecule has 0 spiro atoms. The first-order valence-corrected chi connectivity index (χ1v) is 9.68. The van der Waals surface area contributed by atoms with E-state index in [0.29, 0.717) is 19.4 Å². The third-order valence-electron chi connectivity index (χ3n) is 5.55. The summed E-state index contributed by atoms with van der Waals surface area (Å²) in [5.41, 5.74) is 4.73. The van der Waals surface area contributed by atoms with E-state index in [9.17, 15) is 9.90 Å². The second kappa shape index (κ2) is 7.93. The minimum absolute atomic E-state index is 0.146. The number of hydrogen-bond acceptors (Lipinski definition) is 2. The number of allylic oxidation sites excluding steroid dienone is 1. The molecule has 4 rings (SSSR count). The maximum atomic E-state index is 13.1. The number of aliphatic hydroxyl groups is 1. The van der Waals surface area contributed by atoms with Crippen LogP contribution in [0.15, 0.2) is 72.8 Å². The molecule has 1 aliphatic heterocycles. The van der Waals surface area contributed by atoms with E-state index in [0.717, 1.165) is 24.1 Å². The molecule has 2 atom stereocenters. The van der Waals surface area contributed by atoms with E-state index < -0.39 is 6.10 Å². The van der Waals surface area contributed by atoms with Crippen LogP contribution in [-0.4, -0.2) is 35.1 Å². The predicted molar refractivity (Wildman–Crippen MR) is 109 cm³/mol. The average Bonchev–Trinajstić information content (AvgIpc) is 2.74. The van der Waals surface area contributed by atoms with Crippen molar-refractivity contribution in [2.75, 3.05) is 13.1 Å². The van der Waals surface area contributed by atoms with Crippen molar-refractivity contribution in [3.63, 3.8) is 0 Å². The van der Waals surface area contributed by atoms with Gasteiger partial charge >= 0.3 is 0 Å². The zero-order chi connectivity index (χ0) is 18.6. The van der Waals surface area contributed by atoms with Gasteiger partial charge < -0.3 is 10.0 Å². The Bertz CT molecular complexity index is 854. The first-order valence-electron chi connectivity index (χ1n) is 9.68. The zero-order valence-corrected chi connectivity index (χ0v) is 15.4. The Hall–Kier alpha value is -2.65. The molecular formula is C24H25NO2. The third kappa shape index (κ3) is 4.04. The van der Waals surface area contributed by atoms with Crippen molar-refractivity contribution in [3.8, 4) is 0 Å². The van der Waals surface area contributed by atoms with Gasteiger partial charge in [0.2, 0.25) is 5.91 Å². The fraction of sp³-hybridized carbons (Fsp3) is 0.292. The van der Waals surface area contributed by atoms with Crippen molar-refractivity contribution in [1.29, 1.82) is 0 Å². The number of aliphatic hydroxyl groups excluding tert-OH is 1. The van der Waals surface area contributed by atoms with E-state index in [1.807, 2.05) is 47.4 Å². The minimum atomic E-state index is -0.553. The average molecular weight is 359 g/mol. The highest BCUT2D eigenvalue weighted by molar-refractivity contribution is 5.84. The van der Waals surface area contributed by atoms with Crippen LogP contribution in [0.25, 0.3) is 11.1 Å². The van der Waals surface area contributed by atoms with Crippen LogP contribution in [0.1, 0.15) is 30.4 Å². The Morgan fingerprint density at radius 2 is 1.56 bits per heavy atom. The van der Waals surface area contributed by atoms with E-state index in [-0.39, 0.29) is 11.8 Å². The van der Waals surface area contributed by atoms with Crippen molar-refractivity contribution < 1.29 is 9.90 Å². The lowest BCUT2D eigenvalue weighted by Gasteiger charge is -2.33. The summed E-state index contributed by atoms with van der Waals surface area (Å²) in [5, 5.41) is 10.3. The van der Waals surface area contributed by atoms with Gasteiger partial charge in [-0.25, -0.2) is 0 Å². The summed E-state index contributed by atoms with van der Waals surface area (Å²) in [6.45, 7) is 1.40. The highest BCUT2D eigenvalue weighted by atomic mass is 16.3. The molecule has 2 aromatic rings. The second-order valence-electron chi connectivity index (χ2n) is 7.39. The molecule has 0 bridgehead atoms. The van der Waals surface area contributed by atoms with E-state index in [1.54, 1.807) is 0 Å². The molecule has 1 N–H and O–H groups in total. The normalized spacial score (nSPS) is 22.8. The fourth-order valence-electron chi connectivity index (χ4n) is 4.10. The molecule has 2 aliphatic rings. The second-order valence-corrected chi connectivity index (χ2v) is 7.39.